The van der Waals surface area contributed by atoms with E-state index in [4.69, 9.17) is 4.74 Å². The monoisotopic (exact) mass is 301 g/mol. The zero-order chi connectivity index (χ0) is 15.5. The summed E-state index contributed by atoms with van der Waals surface area (Å²) < 4.78 is 44.1. The van der Waals surface area contributed by atoms with Crippen LogP contribution in [0.15, 0.2) is 24.3 Å². The molecule has 1 aliphatic heterocycles. The molecule has 6 heteroatoms. The molecule has 21 heavy (non-hydrogen) atoms. The van der Waals surface area contributed by atoms with Crippen LogP contribution in [-0.2, 0) is 15.7 Å². The highest BCUT2D eigenvalue weighted by molar-refractivity contribution is 5.79. The second-order valence-electron chi connectivity index (χ2n) is 5.17. The first-order valence-corrected chi connectivity index (χ1v) is 6.90. The van der Waals surface area contributed by atoms with Gasteiger partial charge in [0.25, 0.3) is 0 Å². The number of carbonyl (C=O) groups is 1. The van der Waals surface area contributed by atoms with Gasteiger partial charge < -0.3 is 9.64 Å². The fourth-order valence-electron chi connectivity index (χ4n) is 2.72. The zero-order valence-corrected chi connectivity index (χ0v) is 11.8. The molecule has 0 saturated carbocycles. The van der Waals surface area contributed by atoms with Crippen molar-refractivity contribution >= 4 is 5.97 Å². The average molecular weight is 301 g/mol. The molecule has 1 aromatic carbocycles. The molecule has 3 nitrogen and oxygen atoms in total. The molecule has 0 amide bonds. The third kappa shape index (κ3) is 3.75. The molecular formula is C15H18F3NO2. The number of benzene rings is 1. The van der Waals surface area contributed by atoms with Gasteiger partial charge in [0.15, 0.2) is 0 Å². The van der Waals surface area contributed by atoms with Crippen LogP contribution in [0.2, 0.25) is 0 Å². The van der Waals surface area contributed by atoms with Crippen molar-refractivity contribution in [3.8, 4) is 0 Å². The number of hydrogen-bond acceptors (Lipinski definition) is 3. The van der Waals surface area contributed by atoms with Crippen LogP contribution >= 0.6 is 0 Å². The van der Waals surface area contributed by atoms with E-state index >= 15 is 0 Å². The molecule has 2 rings (SSSR count). The highest BCUT2D eigenvalue weighted by Crippen LogP contribution is 2.36. The molecule has 1 heterocycles. The van der Waals surface area contributed by atoms with Crippen LogP contribution in [0.4, 0.5) is 13.2 Å². The minimum Gasteiger partial charge on any atom is -0.469 e. The lowest BCUT2D eigenvalue weighted by atomic mass is 9.93. The molecule has 0 aromatic heterocycles. The molecule has 0 radical (unpaired) electrons. The van der Waals surface area contributed by atoms with E-state index in [1.807, 2.05) is 4.90 Å². The summed E-state index contributed by atoms with van der Waals surface area (Å²) in [6.07, 6.45) is -2.46. The van der Waals surface area contributed by atoms with Crippen LogP contribution in [0.5, 0.6) is 0 Å². The van der Waals surface area contributed by atoms with Gasteiger partial charge >= 0.3 is 12.1 Å². The number of halogens is 3. The van der Waals surface area contributed by atoms with E-state index in [2.05, 4.69) is 0 Å². The third-order valence-electron chi connectivity index (χ3n) is 3.77. The normalized spacial score (nSPS) is 17.7. The summed E-state index contributed by atoms with van der Waals surface area (Å²) in [6, 6.07) is 5.22. The topological polar surface area (TPSA) is 29.5 Å². The minimum absolute atomic E-state index is 0.0104. The van der Waals surface area contributed by atoms with Crippen molar-refractivity contribution in [2.24, 2.45) is 0 Å². The van der Waals surface area contributed by atoms with Gasteiger partial charge in [-0.1, -0.05) is 18.2 Å². The molecule has 116 valence electrons. The predicted octanol–water partition coefficient (Wildman–Crippen LogP) is 3.06. The number of nitrogens with zero attached hydrogens (tertiary/aromatic N) is 1. The van der Waals surface area contributed by atoms with Crippen molar-refractivity contribution in [2.45, 2.75) is 24.9 Å². The van der Waals surface area contributed by atoms with Crippen LogP contribution in [0.3, 0.4) is 0 Å². The summed E-state index contributed by atoms with van der Waals surface area (Å²) in [6.45, 7) is 1.88. The van der Waals surface area contributed by atoms with Gasteiger partial charge in [-0.05, 0) is 37.6 Å². The predicted molar refractivity (Wildman–Crippen MR) is 71.9 cm³/mol. The fraction of sp³-hybridized carbons (Fsp3) is 0.533. The zero-order valence-electron chi connectivity index (χ0n) is 11.8. The molecule has 0 N–H and O–H groups in total. The third-order valence-corrected chi connectivity index (χ3v) is 3.77. The number of ether oxygens (including phenoxy) is 1. The summed E-state index contributed by atoms with van der Waals surface area (Å²) >= 11 is 0. The number of rotatable bonds is 4. The van der Waals surface area contributed by atoms with Crippen molar-refractivity contribution in [1.82, 2.24) is 4.90 Å². The Bertz CT molecular complexity index is 496. The van der Waals surface area contributed by atoms with E-state index in [-0.39, 0.29) is 12.1 Å². The van der Waals surface area contributed by atoms with Crippen molar-refractivity contribution in [3.63, 3.8) is 0 Å². The maximum atomic E-state index is 13.1. The van der Waals surface area contributed by atoms with Gasteiger partial charge in [0.05, 0.1) is 18.6 Å². The van der Waals surface area contributed by atoms with Crippen molar-refractivity contribution in [2.75, 3.05) is 26.7 Å². The van der Waals surface area contributed by atoms with E-state index in [1.54, 1.807) is 0 Å². The number of carbonyl (C=O) groups excluding carboxylic acids is 1. The van der Waals surface area contributed by atoms with Crippen molar-refractivity contribution in [3.05, 3.63) is 35.4 Å². The Morgan fingerprint density at radius 1 is 1.29 bits per heavy atom. The Morgan fingerprint density at radius 2 is 1.90 bits per heavy atom. The number of hydrogen-bond donors (Lipinski definition) is 0. The maximum absolute atomic E-state index is 13.1. The van der Waals surface area contributed by atoms with Crippen LogP contribution in [0.25, 0.3) is 0 Å². The summed E-state index contributed by atoms with van der Waals surface area (Å²) in [7, 11) is 1.20. The number of alkyl halides is 3. The quantitative estimate of drug-likeness (QED) is 0.801. The van der Waals surface area contributed by atoms with Gasteiger partial charge in [0, 0.05) is 6.54 Å². The van der Waals surface area contributed by atoms with E-state index in [9.17, 15) is 18.0 Å². The van der Waals surface area contributed by atoms with Crippen LogP contribution in [0, 0.1) is 0 Å². The smallest absolute Gasteiger partial charge is 0.416 e. The Morgan fingerprint density at radius 3 is 2.48 bits per heavy atom. The first-order valence-electron chi connectivity index (χ1n) is 6.90. The van der Waals surface area contributed by atoms with Gasteiger partial charge in [-0.2, -0.15) is 13.2 Å². The Kier molecular flexibility index (Phi) is 4.88. The SMILES string of the molecule is COC(=O)C(CN1CCCC1)c1ccccc1C(F)(F)F. The number of likely N-dealkylation sites (tertiary alicyclic amines) is 1. The van der Waals surface area contributed by atoms with E-state index in [0.29, 0.717) is 0 Å². The molecular weight excluding hydrogens is 283 g/mol. The molecule has 1 saturated heterocycles. The largest absolute Gasteiger partial charge is 0.469 e. The molecule has 1 aromatic rings. The molecule has 1 unspecified atom stereocenters. The molecule has 0 spiro atoms. The van der Waals surface area contributed by atoms with Gasteiger partial charge in [-0.3, -0.25) is 4.79 Å². The van der Waals surface area contributed by atoms with Crippen LogP contribution in [-0.4, -0.2) is 37.6 Å². The average Bonchev–Trinajstić information content (AvgIpc) is 2.96. The standard InChI is InChI=1S/C15H18F3NO2/c1-21-14(20)12(10-19-8-4-5-9-19)11-6-2-3-7-13(11)15(16,17)18/h2-3,6-7,12H,4-5,8-10H2,1H3. The van der Waals surface area contributed by atoms with E-state index in [1.165, 1.54) is 25.3 Å². The maximum Gasteiger partial charge on any atom is 0.416 e. The van der Waals surface area contributed by atoms with Crippen LogP contribution in [0.1, 0.15) is 29.9 Å². The number of methoxy groups -OCH3 is 1. The van der Waals surface area contributed by atoms with Gasteiger partial charge in [0.2, 0.25) is 0 Å². The fourth-order valence-corrected chi connectivity index (χ4v) is 2.72. The summed E-state index contributed by atoms with van der Waals surface area (Å²) in [4.78, 5) is 14.0. The Balaban J connectivity index is 2.34. The summed E-state index contributed by atoms with van der Waals surface area (Å²) in [5.41, 5.74) is -0.775. The summed E-state index contributed by atoms with van der Waals surface area (Å²) in [5.74, 6) is -1.54. The second kappa shape index (κ2) is 6.47. The summed E-state index contributed by atoms with van der Waals surface area (Å²) in [5, 5.41) is 0. The van der Waals surface area contributed by atoms with Crippen LogP contribution < -0.4 is 0 Å². The first kappa shape index (κ1) is 15.8. The highest BCUT2D eigenvalue weighted by Gasteiger charge is 2.37. The van der Waals surface area contributed by atoms with Crippen molar-refractivity contribution in [1.29, 1.82) is 0 Å². The highest BCUT2D eigenvalue weighted by atomic mass is 19.4. The second-order valence-corrected chi connectivity index (χ2v) is 5.17. The molecule has 1 atom stereocenters. The molecule has 1 aliphatic rings. The van der Waals surface area contributed by atoms with Gasteiger partial charge in [0.1, 0.15) is 0 Å². The lowest BCUT2D eigenvalue weighted by Gasteiger charge is -2.24. The Hall–Kier alpha value is -1.56. The molecule has 0 aliphatic carbocycles. The Labute approximate surface area is 121 Å². The molecule has 0 bridgehead atoms. The lowest BCUT2D eigenvalue weighted by Crippen LogP contribution is -2.31. The lowest BCUT2D eigenvalue weighted by molar-refractivity contribution is -0.144. The van der Waals surface area contributed by atoms with Gasteiger partial charge in [-0.25, -0.2) is 0 Å². The first-order chi connectivity index (χ1) is 9.93. The van der Waals surface area contributed by atoms with Crippen molar-refractivity contribution < 1.29 is 22.7 Å². The van der Waals surface area contributed by atoms with E-state index < -0.39 is 23.6 Å². The minimum atomic E-state index is -4.48. The van der Waals surface area contributed by atoms with E-state index in [0.717, 1.165) is 32.0 Å². The number of esters is 1. The van der Waals surface area contributed by atoms with Gasteiger partial charge in [-0.15, -0.1) is 0 Å². The molecule has 1 fully saturated rings.